The highest BCUT2D eigenvalue weighted by molar-refractivity contribution is 7.19. The number of hydrogen-bond acceptors (Lipinski definition) is 4. The zero-order valence-corrected chi connectivity index (χ0v) is 14.5. The number of fused-ring (bicyclic) bond motifs is 1. The van der Waals surface area contributed by atoms with E-state index in [0.717, 1.165) is 21.4 Å². The summed E-state index contributed by atoms with van der Waals surface area (Å²) in [6, 6.07) is 18.0. The molecule has 1 atom stereocenters. The second-order valence-electron chi connectivity index (χ2n) is 6.69. The minimum absolute atomic E-state index is 0.217. The summed E-state index contributed by atoms with van der Waals surface area (Å²) >= 11 is 1.62. The van der Waals surface area contributed by atoms with Gasteiger partial charge in [0.1, 0.15) is 12.7 Å². The van der Waals surface area contributed by atoms with E-state index in [9.17, 15) is 5.11 Å². The number of aliphatic hydroxyl groups is 1. The van der Waals surface area contributed by atoms with Gasteiger partial charge in [-0.05, 0) is 43.0 Å². The van der Waals surface area contributed by atoms with Gasteiger partial charge in [0.2, 0.25) is 5.90 Å². The smallest absolute Gasteiger partial charge is 0.217 e. The molecular formula is C20H19NO2S. The fourth-order valence-electron chi connectivity index (χ4n) is 2.94. The highest BCUT2D eigenvalue weighted by Gasteiger charge is 2.29. The van der Waals surface area contributed by atoms with E-state index in [1.54, 1.807) is 11.3 Å². The van der Waals surface area contributed by atoms with Crippen LogP contribution in [0.2, 0.25) is 0 Å². The molecule has 4 heteroatoms. The van der Waals surface area contributed by atoms with Crippen molar-refractivity contribution in [2.45, 2.75) is 25.5 Å². The van der Waals surface area contributed by atoms with Gasteiger partial charge in [0.05, 0.1) is 5.54 Å². The summed E-state index contributed by atoms with van der Waals surface area (Å²) in [5.41, 5.74) is 1.49. The van der Waals surface area contributed by atoms with E-state index in [-0.39, 0.29) is 5.54 Å². The van der Waals surface area contributed by atoms with Crippen molar-refractivity contribution in [1.29, 1.82) is 0 Å². The highest BCUT2D eigenvalue weighted by atomic mass is 32.1. The summed E-state index contributed by atoms with van der Waals surface area (Å²) < 4.78 is 6.96. The maximum absolute atomic E-state index is 11.0. The second-order valence-corrected chi connectivity index (χ2v) is 7.81. The fraction of sp³-hybridized carbons (Fsp3) is 0.250. The third kappa shape index (κ3) is 2.72. The molecule has 0 saturated carbocycles. The molecule has 3 aromatic rings. The SMILES string of the molecule is CC1(C)COC(c2ccccc2C(O)c2cc3ccccc3s2)=N1. The van der Waals surface area contributed by atoms with Crippen LogP contribution in [-0.2, 0) is 4.74 Å². The van der Waals surface area contributed by atoms with Crippen LogP contribution < -0.4 is 0 Å². The van der Waals surface area contributed by atoms with Crippen molar-refractivity contribution in [2.75, 3.05) is 6.61 Å². The molecule has 4 rings (SSSR count). The van der Waals surface area contributed by atoms with Gasteiger partial charge in [0.25, 0.3) is 0 Å². The van der Waals surface area contributed by atoms with Gasteiger partial charge in [-0.1, -0.05) is 36.4 Å². The average molecular weight is 337 g/mol. The normalized spacial score (nSPS) is 17.5. The average Bonchev–Trinajstić information content (AvgIpc) is 3.17. The van der Waals surface area contributed by atoms with Crippen molar-refractivity contribution in [2.24, 2.45) is 4.99 Å². The largest absolute Gasteiger partial charge is 0.475 e. The van der Waals surface area contributed by atoms with E-state index in [2.05, 4.69) is 23.2 Å². The van der Waals surface area contributed by atoms with Crippen LogP contribution >= 0.6 is 11.3 Å². The lowest BCUT2D eigenvalue weighted by Crippen LogP contribution is -2.17. The summed E-state index contributed by atoms with van der Waals surface area (Å²) in [5.74, 6) is 0.621. The number of hydrogen-bond donors (Lipinski definition) is 1. The number of thiophene rings is 1. The summed E-state index contributed by atoms with van der Waals surface area (Å²) in [4.78, 5) is 5.59. The Morgan fingerprint density at radius 3 is 2.62 bits per heavy atom. The Labute approximate surface area is 145 Å². The molecule has 122 valence electrons. The Bertz CT molecular complexity index is 893. The molecule has 2 heterocycles. The van der Waals surface area contributed by atoms with E-state index < -0.39 is 6.10 Å². The topological polar surface area (TPSA) is 41.8 Å². The molecule has 3 nitrogen and oxygen atoms in total. The van der Waals surface area contributed by atoms with E-state index >= 15 is 0 Å². The van der Waals surface area contributed by atoms with Gasteiger partial charge in [0, 0.05) is 15.1 Å². The highest BCUT2D eigenvalue weighted by Crippen LogP contribution is 2.35. The number of aliphatic hydroxyl groups excluding tert-OH is 1. The Balaban J connectivity index is 1.76. The molecule has 0 amide bonds. The molecule has 24 heavy (non-hydrogen) atoms. The number of aliphatic imine (C=N–C) groups is 1. The molecule has 0 radical (unpaired) electrons. The Hall–Kier alpha value is -2.17. The predicted molar refractivity (Wildman–Crippen MR) is 98.9 cm³/mol. The lowest BCUT2D eigenvalue weighted by atomic mass is 10.0. The molecule has 1 N–H and O–H groups in total. The first kappa shape index (κ1) is 15.4. The summed E-state index contributed by atoms with van der Waals surface area (Å²) in [5, 5.41) is 12.1. The van der Waals surface area contributed by atoms with Gasteiger partial charge < -0.3 is 9.84 Å². The molecule has 0 saturated heterocycles. The molecule has 2 aromatic carbocycles. The molecule has 1 aliphatic rings. The van der Waals surface area contributed by atoms with Crippen LogP contribution in [0.15, 0.2) is 59.6 Å². The first-order valence-electron chi connectivity index (χ1n) is 8.02. The van der Waals surface area contributed by atoms with Crippen molar-refractivity contribution in [3.05, 3.63) is 70.6 Å². The maximum Gasteiger partial charge on any atom is 0.217 e. The van der Waals surface area contributed by atoms with Crippen molar-refractivity contribution < 1.29 is 9.84 Å². The number of benzene rings is 2. The lowest BCUT2D eigenvalue weighted by molar-refractivity contribution is 0.223. The number of rotatable bonds is 3. The standard InChI is InChI=1S/C20H19NO2S/c1-20(2)12-23-19(21-20)15-9-5-4-8-14(15)18(22)17-11-13-7-3-6-10-16(13)24-17/h3-11,18,22H,12H2,1-2H3. The Kier molecular flexibility index (Phi) is 3.66. The zero-order chi connectivity index (χ0) is 16.7. The van der Waals surface area contributed by atoms with Crippen molar-refractivity contribution in [3.8, 4) is 0 Å². The molecular weight excluding hydrogens is 318 g/mol. The molecule has 1 aliphatic heterocycles. The van der Waals surface area contributed by atoms with Gasteiger partial charge in [-0.2, -0.15) is 0 Å². The van der Waals surface area contributed by atoms with Gasteiger partial charge in [-0.3, -0.25) is 0 Å². The maximum atomic E-state index is 11.0. The van der Waals surface area contributed by atoms with Gasteiger partial charge in [-0.25, -0.2) is 4.99 Å². The summed E-state index contributed by atoms with van der Waals surface area (Å²) in [7, 11) is 0. The van der Waals surface area contributed by atoms with Crippen molar-refractivity contribution in [3.63, 3.8) is 0 Å². The molecule has 0 fully saturated rings. The third-order valence-electron chi connectivity index (χ3n) is 4.17. The van der Waals surface area contributed by atoms with Crippen LogP contribution in [0.1, 0.15) is 36.0 Å². The first-order chi connectivity index (χ1) is 11.5. The zero-order valence-electron chi connectivity index (χ0n) is 13.7. The van der Waals surface area contributed by atoms with Crippen molar-refractivity contribution in [1.82, 2.24) is 0 Å². The van der Waals surface area contributed by atoms with E-state index in [1.807, 2.05) is 50.2 Å². The summed E-state index contributed by atoms with van der Waals surface area (Å²) in [6.45, 7) is 4.66. The third-order valence-corrected chi connectivity index (χ3v) is 5.33. The fourth-order valence-corrected chi connectivity index (χ4v) is 4.01. The molecule has 0 bridgehead atoms. The van der Waals surface area contributed by atoms with Crippen LogP contribution in [0.3, 0.4) is 0 Å². The molecule has 1 aromatic heterocycles. The molecule has 0 aliphatic carbocycles. The van der Waals surface area contributed by atoms with Crippen molar-refractivity contribution >= 4 is 27.3 Å². The minimum atomic E-state index is -0.686. The Morgan fingerprint density at radius 2 is 1.88 bits per heavy atom. The monoisotopic (exact) mass is 337 g/mol. The minimum Gasteiger partial charge on any atom is -0.475 e. The van der Waals surface area contributed by atoms with Gasteiger partial charge >= 0.3 is 0 Å². The quantitative estimate of drug-likeness (QED) is 0.762. The molecule has 0 spiro atoms. The van der Waals surface area contributed by atoms with E-state index in [1.165, 1.54) is 4.70 Å². The van der Waals surface area contributed by atoms with Crippen LogP contribution in [0.5, 0.6) is 0 Å². The van der Waals surface area contributed by atoms with Crippen LogP contribution in [0.4, 0.5) is 0 Å². The van der Waals surface area contributed by atoms with Crippen LogP contribution in [0.25, 0.3) is 10.1 Å². The van der Waals surface area contributed by atoms with Gasteiger partial charge in [-0.15, -0.1) is 11.3 Å². The Morgan fingerprint density at radius 1 is 1.12 bits per heavy atom. The molecule has 1 unspecified atom stereocenters. The number of ether oxygens (including phenoxy) is 1. The van der Waals surface area contributed by atoms with Crippen LogP contribution in [-0.4, -0.2) is 23.2 Å². The number of nitrogens with zero attached hydrogens (tertiary/aromatic N) is 1. The predicted octanol–water partition coefficient (Wildman–Crippen LogP) is 4.54. The van der Waals surface area contributed by atoms with E-state index in [4.69, 9.17) is 4.74 Å². The summed E-state index contributed by atoms with van der Waals surface area (Å²) in [6.07, 6.45) is -0.686. The van der Waals surface area contributed by atoms with Gasteiger partial charge in [0.15, 0.2) is 0 Å². The first-order valence-corrected chi connectivity index (χ1v) is 8.84. The van der Waals surface area contributed by atoms with Crippen LogP contribution in [0, 0.1) is 0 Å². The second kappa shape index (κ2) is 5.72. The van der Waals surface area contributed by atoms with E-state index in [0.29, 0.717) is 12.5 Å². The lowest BCUT2D eigenvalue weighted by Gasteiger charge is -2.14.